The average molecular weight is 221 g/mol. The maximum Gasteiger partial charge on any atom is 0.285 e. The molecule has 0 fully saturated rings. The summed E-state index contributed by atoms with van der Waals surface area (Å²) in [5, 5.41) is 10.7. The molecule has 0 bridgehead atoms. The van der Waals surface area contributed by atoms with Crippen LogP contribution < -0.4 is 0 Å². The van der Waals surface area contributed by atoms with Gasteiger partial charge in [0.25, 0.3) is 11.6 Å². The van der Waals surface area contributed by atoms with Crippen molar-refractivity contribution in [3.05, 3.63) is 39.9 Å². The second-order valence-electron chi connectivity index (χ2n) is 3.29. The Kier molecular flexibility index (Phi) is 3.71. The van der Waals surface area contributed by atoms with Crippen LogP contribution in [-0.2, 0) is 0 Å². The van der Waals surface area contributed by atoms with E-state index in [0.29, 0.717) is 0 Å². The summed E-state index contributed by atoms with van der Waals surface area (Å²) < 4.78 is 0. The molecule has 0 atom stereocenters. The van der Waals surface area contributed by atoms with Gasteiger partial charge in [-0.2, -0.15) is 4.99 Å². The maximum absolute atomic E-state index is 11.5. The van der Waals surface area contributed by atoms with Gasteiger partial charge in [0.1, 0.15) is 5.56 Å². The van der Waals surface area contributed by atoms with Gasteiger partial charge in [-0.1, -0.05) is 12.1 Å². The fraction of sp³-hybridized carbons (Fsp3) is 0.200. The Hall–Kier alpha value is -2.24. The van der Waals surface area contributed by atoms with E-state index in [2.05, 4.69) is 4.99 Å². The number of nitrogens with zero attached hydrogens (tertiary/aromatic N) is 3. The van der Waals surface area contributed by atoms with Gasteiger partial charge in [0.15, 0.2) is 0 Å². The van der Waals surface area contributed by atoms with Crippen LogP contribution in [0, 0.1) is 10.1 Å². The van der Waals surface area contributed by atoms with Gasteiger partial charge < -0.3 is 4.90 Å². The molecular weight excluding hydrogens is 210 g/mol. The lowest BCUT2D eigenvalue weighted by Gasteiger charge is -2.02. The quantitative estimate of drug-likeness (QED) is 0.334. The zero-order chi connectivity index (χ0) is 12.1. The van der Waals surface area contributed by atoms with Crippen molar-refractivity contribution >= 4 is 17.9 Å². The highest BCUT2D eigenvalue weighted by Crippen LogP contribution is 2.18. The first-order valence-corrected chi connectivity index (χ1v) is 4.50. The molecule has 0 N–H and O–H groups in total. The third-order valence-corrected chi connectivity index (χ3v) is 1.74. The average Bonchev–Trinajstić information content (AvgIpc) is 2.25. The molecule has 0 spiro atoms. The highest BCUT2D eigenvalue weighted by Gasteiger charge is 2.17. The van der Waals surface area contributed by atoms with Crippen LogP contribution in [0.25, 0.3) is 0 Å². The van der Waals surface area contributed by atoms with E-state index >= 15 is 0 Å². The lowest BCUT2D eigenvalue weighted by Crippen LogP contribution is -2.10. The smallest absolute Gasteiger partial charge is 0.285 e. The van der Waals surface area contributed by atoms with Crippen LogP contribution >= 0.6 is 0 Å². The number of carbonyl (C=O) groups excluding carboxylic acids is 1. The van der Waals surface area contributed by atoms with Crippen molar-refractivity contribution in [2.45, 2.75) is 0 Å². The molecule has 0 aliphatic heterocycles. The minimum Gasteiger partial charge on any atom is -0.369 e. The van der Waals surface area contributed by atoms with Gasteiger partial charge in [-0.05, 0) is 6.07 Å². The van der Waals surface area contributed by atoms with Crippen LogP contribution in [0.15, 0.2) is 29.3 Å². The molecule has 1 aromatic carbocycles. The molecule has 0 aliphatic rings. The lowest BCUT2D eigenvalue weighted by molar-refractivity contribution is -0.385. The fourth-order valence-electron chi connectivity index (χ4n) is 1.05. The minimum absolute atomic E-state index is 0.00870. The predicted molar refractivity (Wildman–Crippen MR) is 59.6 cm³/mol. The van der Waals surface area contributed by atoms with Crippen molar-refractivity contribution in [3.63, 3.8) is 0 Å². The van der Waals surface area contributed by atoms with E-state index < -0.39 is 10.8 Å². The Morgan fingerprint density at radius 3 is 2.62 bits per heavy atom. The molecule has 6 nitrogen and oxygen atoms in total. The van der Waals surface area contributed by atoms with E-state index in [4.69, 9.17) is 0 Å². The van der Waals surface area contributed by atoms with Crippen molar-refractivity contribution in [2.24, 2.45) is 4.99 Å². The fourth-order valence-corrected chi connectivity index (χ4v) is 1.05. The number of aliphatic imine (C=N–C) groups is 1. The van der Waals surface area contributed by atoms with Crippen molar-refractivity contribution < 1.29 is 9.72 Å². The summed E-state index contributed by atoms with van der Waals surface area (Å²) in [6.45, 7) is 0. The van der Waals surface area contributed by atoms with E-state index in [-0.39, 0.29) is 11.3 Å². The number of nitro groups is 1. The molecule has 0 saturated carbocycles. The number of hydrogen-bond acceptors (Lipinski definition) is 3. The van der Waals surface area contributed by atoms with E-state index in [9.17, 15) is 14.9 Å². The number of nitro benzene ring substituents is 1. The lowest BCUT2D eigenvalue weighted by atomic mass is 10.2. The Morgan fingerprint density at radius 2 is 2.06 bits per heavy atom. The zero-order valence-electron chi connectivity index (χ0n) is 8.95. The van der Waals surface area contributed by atoms with Crippen LogP contribution in [0.1, 0.15) is 10.4 Å². The van der Waals surface area contributed by atoms with Gasteiger partial charge in [-0.3, -0.25) is 14.9 Å². The van der Waals surface area contributed by atoms with Gasteiger partial charge in [-0.25, -0.2) is 0 Å². The number of hydrogen-bond donors (Lipinski definition) is 0. The third-order valence-electron chi connectivity index (χ3n) is 1.74. The van der Waals surface area contributed by atoms with E-state index in [1.807, 2.05) is 0 Å². The zero-order valence-corrected chi connectivity index (χ0v) is 8.95. The van der Waals surface area contributed by atoms with Crippen molar-refractivity contribution in [1.82, 2.24) is 4.90 Å². The number of benzene rings is 1. The maximum atomic E-state index is 11.5. The topological polar surface area (TPSA) is 75.8 Å². The van der Waals surface area contributed by atoms with Crippen LogP contribution in [0.2, 0.25) is 0 Å². The molecule has 0 saturated heterocycles. The van der Waals surface area contributed by atoms with Gasteiger partial charge >= 0.3 is 0 Å². The van der Waals surface area contributed by atoms with Crippen molar-refractivity contribution in [2.75, 3.05) is 14.1 Å². The second kappa shape index (κ2) is 5.01. The molecule has 1 amide bonds. The molecule has 84 valence electrons. The first kappa shape index (κ1) is 11.8. The monoisotopic (exact) mass is 221 g/mol. The van der Waals surface area contributed by atoms with Crippen molar-refractivity contribution in [3.8, 4) is 0 Å². The normalized spacial score (nSPS) is 10.4. The molecule has 0 aliphatic carbocycles. The first-order chi connectivity index (χ1) is 7.52. The van der Waals surface area contributed by atoms with E-state index in [1.165, 1.54) is 24.5 Å². The summed E-state index contributed by atoms with van der Waals surface area (Å²) in [5.41, 5.74) is -0.242. The molecular formula is C10H11N3O3. The van der Waals surface area contributed by atoms with Gasteiger partial charge in [0, 0.05) is 20.2 Å². The summed E-state index contributed by atoms with van der Waals surface area (Å²) in [5.74, 6) is -0.624. The SMILES string of the molecule is CN(C)C=NC(=O)c1ccccc1[N+](=O)[O-]. The Labute approximate surface area is 92.4 Å². The molecule has 1 aromatic rings. The van der Waals surface area contributed by atoms with Crippen LogP contribution in [0.5, 0.6) is 0 Å². The Balaban J connectivity index is 3.04. The van der Waals surface area contributed by atoms with E-state index in [1.54, 1.807) is 25.1 Å². The van der Waals surface area contributed by atoms with Gasteiger partial charge in [0.05, 0.1) is 11.3 Å². The molecule has 0 heterocycles. The van der Waals surface area contributed by atoms with Crippen LogP contribution in [-0.4, -0.2) is 36.2 Å². The highest BCUT2D eigenvalue weighted by molar-refractivity contribution is 6.01. The summed E-state index contributed by atoms with van der Waals surface area (Å²) in [7, 11) is 3.41. The number of rotatable bonds is 3. The molecule has 6 heteroatoms. The first-order valence-electron chi connectivity index (χ1n) is 4.50. The molecule has 0 unspecified atom stereocenters. The standard InChI is InChI=1S/C10H11N3O3/c1-12(2)7-11-10(14)8-5-3-4-6-9(8)13(15)16/h3-7H,1-2H3. The summed E-state index contributed by atoms with van der Waals surface area (Å²) in [6.07, 6.45) is 1.30. The predicted octanol–water partition coefficient (Wildman–Crippen LogP) is 1.32. The molecule has 1 rings (SSSR count). The highest BCUT2D eigenvalue weighted by atomic mass is 16.6. The van der Waals surface area contributed by atoms with E-state index in [0.717, 1.165) is 0 Å². The summed E-state index contributed by atoms with van der Waals surface area (Å²) in [6, 6.07) is 5.72. The van der Waals surface area contributed by atoms with Crippen molar-refractivity contribution in [1.29, 1.82) is 0 Å². The van der Waals surface area contributed by atoms with Crippen LogP contribution in [0.3, 0.4) is 0 Å². The molecule has 0 aromatic heterocycles. The largest absolute Gasteiger partial charge is 0.369 e. The van der Waals surface area contributed by atoms with Crippen LogP contribution in [0.4, 0.5) is 5.69 Å². The number of carbonyl (C=O) groups is 1. The van der Waals surface area contributed by atoms with Gasteiger partial charge in [0.2, 0.25) is 0 Å². The van der Waals surface area contributed by atoms with Gasteiger partial charge in [-0.15, -0.1) is 0 Å². The summed E-state index contributed by atoms with van der Waals surface area (Å²) >= 11 is 0. The number of para-hydroxylation sites is 1. The second-order valence-corrected chi connectivity index (χ2v) is 3.29. The third kappa shape index (κ3) is 2.88. The number of amides is 1. The molecule has 16 heavy (non-hydrogen) atoms. The Bertz CT molecular complexity index is 441. The minimum atomic E-state index is -0.624. The summed E-state index contributed by atoms with van der Waals surface area (Å²) in [4.78, 5) is 26.8. The molecule has 0 radical (unpaired) electrons. The Morgan fingerprint density at radius 1 is 1.44 bits per heavy atom.